The van der Waals surface area contributed by atoms with Crippen molar-refractivity contribution in [3.8, 4) is 11.8 Å². The minimum absolute atomic E-state index is 0.154. The fourth-order valence-corrected chi connectivity index (χ4v) is 6.45. The SMILES string of the molecule is Cc1ccc(C)c(OCc2nnc(SCC(=O)Nc3sc4c(c3C#N)CCC(C(C)(C)C)C4)n2C)c1. The molecule has 9 heteroatoms. The van der Waals surface area contributed by atoms with Gasteiger partial charge in [-0.25, -0.2) is 0 Å². The largest absolute Gasteiger partial charge is 0.485 e. The summed E-state index contributed by atoms with van der Waals surface area (Å²) >= 11 is 2.87. The van der Waals surface area contributed by atoms with Crippen LogP contribution < -0.4 is 10.1 Å². The van der Waals surface area contributed by atoms with Gasteiger partial charge in [0.25, 0.3) is 0 Å². The molecule has 1 amide bonds. The molecule has 3 aromatic rings. The molecule has 1 aromatic carbocycles. The van der Waals surface area contributed by atoms with Crippen LogP contribution in [0.5, 0.6) is 5.75 Å². The number of nitrogens with zero attached hydrogens (tertiary/aromatic N) is 4. The van der Waals surface area contributed by atoms with Crippen molar-refractivity contribution in [2.75, 3.05) is 11.1 Å². The van der Waals surface area contributed by atoms with Crippen molar-refractivity contribution in [1.29, 1.82) is 5.26 Å². The molecule has 1 N–H and O–H groups in total. The first-order chi connectivity index (χ1) is 17.1. The third kappa shape index (κ3) is 5.76. The van der Waals surface area contributed by atoms with Gasteiger partial charge in [0, 0.05) is 11.9 Å². The van der Waals surface area contributed by atoms with Gasteiger partial charge in [0.15, 0.2) is 11.0 Å². The predicted molar refractivity (Wildman–Crippen MR) is 145 cm³/mol. The highest BCUT2D eigenvalue weighted by Crippen LogP contribution is 2.44. The third-order valence-corrected chi connectivity index (χ3v) is 9.00. The van der Waals surface area contributed by atoms with E-state index in [4.69, 9.17) is 4.74 Å². The molecular formula is C27H33N5O2S2. The third-order valence-electron chi connectivity index (χ3n) is 6.81. The van der Waals surface area contributed by atoms with Crippen molar-refractivity contribution >= 4 is 34.0 Å². The number of carbonyl (C=O) groups is 1. The standard InChI is InChI=1S/C27H33N5O2S2/c1-16-7-8-17(2)21(11-16)34-14-23-30-31-26(32(23)6)35-15-24(33)29-25-20(13-28)19-10-9-18(27(3,4)5)12-22(19)36-25/h7-8,11,18H,9-10,12,14-15H2,1-6H3,(H,29,33). The van der Waals surface area contributed by atoms with E-state index < -0.39 is 0 Å². The van der Waals surface area contributed by atoms with Crippen LogP contribution in [0, 0.1) is 36.5 Å². The number of aryl methyl sites for hydroxylation is 2. The lowest BCUT2D eigenvalue weighted by atomic mass is 9.72. The number of thiophene rings is 1. The van der Waals surface area contributed by atoms with Crippen LogP contribution in [0.25, 0.3) is 0 Å². The molecule has 0 saturated carbocycles. The Morgan fingerprint density at radius 2 is 2.11 bits per heavy atom. The zero-order valence-corrected chi connectivity index (χ0v) is 23.4. The fraction of sp³-hybridized carbons (Fsp3) is 0.481. The Morgan fingerprint density at radius 1 is 1.33 bits per heavy atom. The topological polar surface area (TPSA) is 92.8 Å². The summed E-state index contributed by atoms with van der Waals surface area (Å²) in [4.78, 5) is 14.0. The Morgan fingerprint density at radius 3 is 2.83 bits per heavy atom. The minimum Gasteiger partial charge on any atom is -0.485 e. The highest BCUT2D eigenvalue weighted by molar-refractivity contribution is 7.99. The van der Waals surface area contributed by atoms with Crippen molar-refractivity contribution in [3.05, 3.63) is 51.2 Å². The highest BCUT2D eigenvalue weighted by Gasteiger charge is 2.32. The Kier molecular flexibility index (Phi) is 7.76. The van der Waals surface area contributed by atoms with Crippen molar-refractivity contribution < 1.29 is 9.53 Å². The van der Waals surface area contributed by atoms with E-state index in [0.717, 1.165) is 41.7 Å². The van der Waals surface area contributed by atoms with Crippen LogP contribution in [-0.4, -0.2) is 26.4 Å². The number of anilines is 1. The number of nitrogens with one attached hydrogen (secondary N) is 1. The van der Waals surface area contributed by atoms with Crippen LogP contribution in [-0.2, 0) is 31.3 Å². The van der Waals surface area contributed by atoms with E-state index in [2.05, 4.69) is 48.4 Å². The van der Waals surface area contributed by atoms with Gasteiger partial charge in [-0.1, -0.05) is 44.7 Å². The van der Waals surface area contributed by atoms with Gasteiger partial charge in [-0.15, -0.1) is 21.5 Å². The second-order valence-corrected chi connectivity index (χ2v) is 12.5. The van der Waals surface area contributed by atoms with E-state index >= 15 is 0 Å². The lowest BCUT2D eigenvalue weighted by Crippen LogP contribution is -2.26. The van der Waals surface area contributed by atoms with Crippen molar-refractivity contribution in [3.63, 3.8) is 0 Å². The summed E-state index contributed by atoms with van der Waals surface area (Å²) in [6.45, 7) is 11.2. The Hall–Kier alpha value is -2.83. The maximum absolute atomic E-state index is 12.8. The summed E-state index contributed by atoms with van der Waals surface area (Å²) in [6, 6.07) is 8.43. The maximum atomic E-state index is 12.8. The number of ether oxygens (including phenoxy) is 1. The van der Waals surface area contributed by atoms with Gasteiger partial charge in [-0.3, -0.25) is 4.79 Å². The number of hydrogen-bond donors (Lipinski definition) is 1. The average Bonchev–Trinajstić information content (AvgIpc) is 3.36. The lowest BCUT2D eigenvalue weighted by Gasteiger charge is -2.33. The van der Waals surface area contributed by atoms with E-state index in [1.54, 1.807) is 11.3 Å². The molecule has 4 rings (SSSR count). The summed E-state index contributed by atoms with van der Waals surface area (Å²) in [7, 11) is 1.87. The fourth-order valence-electron chi connectivity index (χ4n) is 4.43. The number of amides is 1. The molecule has 7 nitrogen and oxygen atoms in total. The van der Waals surface area contributed by atoms with Crippen LogP contribution in [0.3, 0.4) is 0 Å². The van der Waals surface area contributed by atoms with Crippen LogP contribution in [0.15, 0.2) is 23.4 Å². The van der Waals surface area contributed by atoms with Crippen LogP contribution in [0.2, 0.25) is 0 Å². The Labute approximate surface area is 221 Å². The van der Waals surface area contributed by atoms with Crippen LogP contribution in [0.4, 0.5) is 5.00 Å². The molecule has 1 aliphatic carbocycles. The van der Waals surface area contributed by atoms with E-state index in [-0.39, 0.29) is 17.1 Å². The number of carbonyl (C=O) groups excluding carboxylic acids is 1. The average molecular weight is 524 g/mol. The van der Waals surface area contributed by atoms with Gasteiger partial charge in [0.2, 0.25) is 5.91 Å². The monoisotopic (exact) mass is 523 g/mol. The normalized spacial score (nSPS) is 15.3. The maximum Gasteiger partial charge on any atom is 0.235 e. The van der Waals surface area contributed by atoms with Gasteiger partial charge in [0.1, 0.15) is 23.4 Å². The summed E-state index contributed by atoms with van der Waals surface area (Å²) in [5.41, 5.74) is 4.18. The first-order valence-electron chi connectivity index (χ1n) is 12.1. The molecule has 0 spiro atoms. The Bertz CT molecular complexity index is 1310. The quantitative estimate of drug-likeness (QED) is 0.392. The number of hydrogen-bond acceptors (Lipinski definition) is 7. The minimum atomic E-state index is -0.154. The van der Waals surface area contributed by atoms with Crippen molar-refractivity contribution in [2.45, 2.75) is 65.6 Å². The lowest BCUT2D eigenvalue weighted by molar-refractivity contribution is -0.113. The number of nitriles is 1. The van der Waals surface area contributed by atoms with Gasteiger partial charge >= 0.3 is 0 Å². The second-order valence-electron chi connectivity index (χ2n) is 10.5. The highest BCUT2D eigenvalue weighted by atomic mass is 32.2. The molecule has 0 aliphatic heterocycles. The second kappa shape index (κ2) is 10.7. The predicted octanol–water partition coefficient (Wildman–Crippen LogP) is 5.83. The molecule has 2 heterocycles. The molecule has 36 heavy (non-hydrogen) atoms. The van der Waals surface area contributed by atoms with Crippen molar-refractivity contribution in [1.82, 2.24) is 14.8 Å². The summed E-state index contributed by atoms with van der Waals surface area (Å²) in [5, 5.41) is 22.5. The first-order valence-corrected chi connectivity index (χ1v) is 13.9. The zero-order chi connectivity index (χ0) is 26.0. The molecule has 0 bridgehead atoms. The van der Waals surface area contributed by atoms with Crippen molar-refractivity contribution in [2.24, 2.45) is 18.4 Å². The number of benzene rings is 1. The van der Waals surface area contributed by atoms with E-state index in [1.807, 2.05) is 37.6 Å². The van der Waals surface area contributed by atoms with Gasteiger partial charge < -0.3 is 14.6 Å². The summed E-state index contributed by atoms with van der Waals surface area (Å²) in [6.07, 6.45) is 2.94. The molecule has 0 fully saturated rings. The number of fused-ring (bicyclic) bond motifs is 1. The smallest absolute Gasteiger partial charge is 0.235 e. The van der Waals surface area contributed by atoms with Gasteiger partial charge in [-0.2, -0.15) is 5.26 Å². The molecule has 0 saturated heterocycles. The van der Waals surface area contributed by atoms with E-state index in [9.17, 15) is 10.1 Å². The number of aromatic nitrogens is 3. The summed E-state index contributed by atoms with van der Waals surface area (Å²) in [5.74, 6) is 2.12. The van der Waals surface area contributed by atoms with Crippen LogP contribution >= 0.6 is 23.1 Å². The number of rotatable bonds is 7. The molecular weight excluding hydrogens is 490 g/mol. The zero-order valence-electron chi connectivity index (χ0n) is 21.8. The number of thioether (sulfide) groups is 1. The van der Waals surface area contributed by atoms with Crippen LogP contribution in [0.1, 0.15) is 60.1 Å². The van der Waals surface area contributed by atoms with Gasteiger partial charge in [0.05, 0.1) is 11.3 Å². The first kappa shape index (κ1) is 26.2. The molecule has 1 aliphatic rings. The molecule has 1 atom stereocenters. The molecule has 190 valence electrons. The molecule has 0 radical (unpaired) electrons. The molecule has 1 unspecified atom stereocenters. The van der Waals surface area contributed by atoms with Gasteiger partial charge in [-0.05, 0) is 67.2 Å². The van der Waals surface area contributed by atoms with E-state index in [1.165, 1.54) is 16.6 Å². The summed E-state index contributed by atoms with van der Waals surface area (Å²) < 4.78 is 7.80. The molecule has 2 aromatic heterocycles. The Balaban J connectivity index is 1.36. The van der Waals surface area contributed by atoms with E-state index in [0.29, 0.717) is 34.1 Å².